The van der Waals surface area contributed by atoms with Crippen molar-refractivity contribution < 1.29 is 31.4 Å². The molecule has 1 aromatic carbocycles. The highest BCUT2D eigenvalue weighted by Gasteiger charge is 2.48. The molecule has 0 saturated heterocycles. The fourth-order valence-electron chi connectivity index (χ4n) is 2.53. The number of nitrogens with one attached hydrogen (secondary N) is 2. The van der Waals surface area contributed by atoms with Crippen LogP contribution in [0.5, 0.6) is 5.75 Å². The monoisotopic (exact) mass is 415 g/mol. The van der Waals surface area contributed by atoms with E-state index in [2.05, 4.69) is 14.1 Å². The van der Waals surface area contributed by atoms with Crippen LogP contribution in [-0.2, 0) is 14.9 Å². The molecule has 0 bridgehead atoms. The van der Waals surface area contributed by atoms with Gasteiger partial charge in [-0.15, -0.1) is 8.80 Å². The summed E-state index contributed by atoms with van der Waals surface area (Å²) in [4.78, 5) is 0. The Morgan fingerprint density at radius 1 is 1.32 bits per heavy atom. The number of phenols is 1. The maximum absolute atomic E-state index is 13.4. The van der Waals surface area contributed by atoms with Gasteiger partial charge in [-0.3, -0.25) is 0 Å². The summed E-state index contributed by atoms with van der Waals surface area (Å²) in [5, 5.41) is 23.3. The average molecular weight is 415 g/mol. The van der Waals surface area contributed by atoms with E-state index in [-0.39, 0.29) is 17.7 Å². The molecule has 0 aliphatic carbocycles. The lowest BCUT2D eigenvalue weighted by Gasteiger charge is -2.27. The van der Waals surface area contributed by atoms with Crippen LogP contribution in [0.4, 0.5) is 18.9 Å². The van der Waals surface area contributed by atoms with E-state index in [1.54, 1.807) is 6.07 Å². The van der Waals surface area contributed by atoms with Gasteiger partial charge in [0.1, 0.15) is 12.2 Å². The summed E-state index contributed by atoms with van der Waals surface area (Å²) in [5.41, 5.74) is -0.261. The lowest BCUT2D eigenvalue weighted by molar-refractivity contribution is -0.172. The first-order valence-electron chi connectivity index (χ1n) is 7.69. The van der Waals surface area contributed by atoms with Gasteiger partial charge in [-0.1, -0.05) is 6.07 Å². The predicted molar refractivity (Wildman–Crippen MR) is 91.8 cm³/mol. The minimum atomic E-state index is -4.78. The first-order chi connectivity index (χ1) is 13.1. The van der Waals surface area contributed by atoms with Gasteiger partial charge in [0.05, 0.1) is 17.5 Å². The number of alkyl halides is 3. The molecule has 0 radical (unpaired) electrons. The van der Waals surface area contributed by atoms with Crippen LogP contribution < -0.4 is 10.6 Å². The fraction of sp³-hybridized carbons (Fsp3) is 0.267. The summed E-state index contributed by atoms with van der Waals surface area (Å²) in [6, 6.07) is 3.41. The number of amidine groups is 2. The molecule has 148 valence electrons. The van der Waals surface area contributed by atoms with Crippen molar-refractivity contribution in [2.75, 3.05) is 5.32 Å². The fourth-order valence-corrected chi connectivity index (χ4v) is 3.30. The van der Waals surface area contributed by atoms with E-state index < -0.39 is 46.0 Å². The summed E-state index contributed by atoms with van der Waals surface area (Å²) in [5.74, 6) is -1.78. The lowest BCUT2D eigenvalue weighted by atomic mass is 10.1. The normalized spacial score (nSPS) is 21.3. The number of hydrogen-bond donors (Lipinski definition) is 3. The molecule has 13 heteroatoms. The van der Waals surface area contributed by atoms with Gasteiger partial charge in [0.15, 0.2) is 23.5 Å². The number of aromatic hydroxyl groups is 1. The highest BCUT2D eigenvalue weighted by molar-refractivity contribution is 7.89. The van der Waals surface area contributed by atoms with Crippen LogP contribution in [-0.4, -0.2) is 43.5 Å². The maximum Gasteiger partial charge on any atom is 0.412 e. The van der Waals surface area contributed by atoms with Gasteiger partial charge in [0, 0.05) is 6.42 Å². The summed E-state index contributed by atoms with van der Waals surface area (Å²) in [6.07, 6.45) is -3.61. The van der Waals surface area contributed by atoms with E-state index >= 15 is 0 Å². The molecule has 0 spiro atoms. The Labute approximate surface area is 157 Å². The molecular formula is C15H12F3N5O4S. The highest BCUT2D eigenvalue weighted by atomic mass is 32.2. The van der Waals surface area contributed by atoms with E-state index in [1.807, 2.05) is 5.32 Å². The third-order valence-corrected chi connectivity index (χ3v) is 4.61. The SMILES string of the molecule is N#Cc1cccc(NC2=NS(=O)(=O)N=C2NC(C2CC=CO2)C(F)(F)F)c1O. The largest absolute Gasteiger partial charge is 0.504 e. The molecule has 2 aliphatic heterocycles. The number of benzene rings is 1. The molecule has 2 unspecified atom stereocenters. The van der Waals surface area contributed by atoms with E-state index in [0.29, 0.717) is 0 Å². The van der Waals surface area contributed by atoms with Crippen LogP contribution in [0.1, 0.15) is 12.0 Å². The van der Waals surface area contributed by atoms with Gasteiger partial charge in [-0.25, -0.2) is 0 Å². The Balaban J connectivity index is 1.90. The van der Waals surface area contributed by atoms with E-state index in [9.17, 15) is 26.7 Å². The number of ether oxygens (including phenoxy) is 1. The van der Waals surface area contributed by atoms with Crippen LogP contribution in [0.3, 0.4) is 0 Å². The molecule has 2 atom stereocenters. The molecule has 2 aliphatic rings. The third kappa shape index (κ3) is 4.01. The Bertz CT molecular complexity index is 1020. The van der Waals surface area contributed by atoms with Gasteiger partial charge in [0.2, 0.25) is 0 Å². The number of anilines is 1. The van der Waals surface area contributed by atoms with Crippen molar-refractivity contribution >= 4 is 27.6 Å². The van der Waals surface area contributed by atoms with Gasteiger partial charge >= 0.3 is 16.4 Å². The number of para-hydroxylation sites is 1. The number of phenolic OH excluding ortho intramolecular Hbond substituents is 1. The van der Waals surface area contributed by atoms with Crippen LogP contribution in [0.2, 0.25) is 0 Å². The molecule has 0 amide bonds. The van der Waals surface area contributed by atoms with Crippen LogP contribution in [0.25, 0.3) is 0 Å². The summed E-state index contributed by atoms with van der Waals surface area (Å²) in [6.45, 7) is 0. The van der Waals surface area contributed by atoms with Crippen molar-refractivity contribution in [1.29, 1.82) is 5.26 Å². The smallest absolute Gasteiger partial charge is 0.412 e. The quantitative estimate of drug-likeness (QED) is 0.637. The minimum absolute atomic E-state index is 0.0396. The standard InChI is InChI=1S/C15H12F3N5O4S/c16-15(17,18)12(10-5-2-6-27-10)21-14-13(22-28(25,26)23-14)20-9-4-1-3-8(7-19)11(9)24/h1-4,6,10,12,24H,5H2,(H,20,22)(H,21,23). The van der Waals surface area contributed by atoms with Crippen molar-refractivity contribution in [2.24, 2.45) is 8.80 Å². The second-order valence-electron chi connectivity index (χ2n) is 5.71. The van der Waals surface area contributed by atoms with Crippen molar-refractivity contribution in [3.05, 3.63) is 36.1 Å². The Morgan fingerprint density at radius 3 is 2.64 bits per heavy atom. The molecular weight excluding hydrogens is 403 g/mol. The van der Waals surface area contributed by atoms with Gasteiger partial charge in [-0.2, -0.15) is 26.9 Å². The van der Waals surface area contributed by atoms with Crippen molar-refractivity contribution in [2.45, 2.75) is 24.7 Å². The zero-order chi connectivity index (χ0) is 20.5. The van der Waals surface area contributed by atoms with E-state index in [4.69, 9.17) is 10.00 Å². The highest BCUT2D eigenvalue weighted by Crippen LogP contribution is 2.30. The predicted octanol–water partition coefficient (Wildman–Crippen LogP) is 1.55. The van der Waals surface area contributed by atoms with Gasteiger partial charge < -0.3 is 20.5 Å². The molecule has 9 nitrogen and oxygen atoms in total. The third-order valence-electron chi connectivity index (χ3n) is 3.78. The Morgan fingerprint density at radius 2 is 2.04 bits per heavy atom. The van der Waals surface area contributed by atoms with Gasteiger partial charge in [-0.05, 0) is 18.2 Å². The average Bonchev–Trinajstić information content (AvgIpc) is 3.21. The van der Waals surface area contributed by atoms with Crippen LogP contribution >= 0.6 is 0 Å². The minimum Gasteiger partial charge on any atom is -0.504 e. The number of halogens is 3. The van der Waals surface area contributed by atoms with Crippen LogP contribution in [0, 0.1) is 11.3 Å². The summed E-state index contributed by atoms with van der Waals surface area (Å²) >= 11 is 0. The number of hydrogen-bond acceptors (Lipinski definition) is 7. The number of rotatable bonds is 3. The van der Waals surface area contributed by atoms with Crippen molar-refractivity contribution in [3.8, 4) is 11.8 Å². The van der Waals surface area contributed by atoms with Crippen LogP contribution in [0.15, 0.2) is 39.3 Å². The topological polar surface area (TPSA) is 136 Å². The zero-order valence-corrected chi connectivity index (χ0v) is 14.6. The van der Waals surface area contributed by atoms with Gasteiger partial charge in [0.25, 0.3) is 0 Å². The molecule has 3 N–H and O–H groups in total. The zero-order valence-electron chi connectivity index (χ0n) is 13.8. The molecule has 0 saturated carbocycles. The summed E-state index contributed by atoms with van der Waals surface area (Å²) < 4.78 is 75.0. The molecule has 1 aromatic rings. The lowest BCUT2D eigenvalue weighted by Crippen LogP contribution is -2.54. The van der Waals surface area contributed by atoms with Crippen molar-refractivity contribution in [3.63, 3.8) is 0 Å². The second kappa shape index (κ2) is 7.04. The van der Waals surface area contributed by atoms with E-state index in [1.165, 1.54) is 24.3 Å². The summed E-state index contributed by atoms with van der Waals surface area (Å²) in [7, 11) is -4.43. The first-order valence-corrected chi connectivity index (χ1v) is 9.08. The molecule has 0 fully saturated rings. The van der Waals surface area contributed by atoms with Crippen molar-refractivity contribution in [1.82, 2.24) is 5.32 Å². The number of nitriles is 1. The molecule has 0 aromatic heterocycles. The number of nitrogens with zero attached hydrogens (tertiary/aromatic N) is 3. The Kier molecular flexibility index (Phi) is 4.90. The Hall–Kier alpha value is -3.27. The second-order valence-corrected chi connectivity index (χ2v) is 6.97. The first kappa shape index (κ1) is 19.5. The maximum atomic E-state index is 13.4. The molecule has 2 heterocycles. The van der Waals surface area contributed by atoms with E-state index in [0.717, 1.165) is 6.26 Å². The molecule has 28 heavy (non-hydrogen) atoms. The molecule has 3 rings (SSSR count).